The first-order valence-corrected chi connectivity index (χ1v) is 12.8. The lowest BCUT2D eigenvalue weighted by atomic mass is 9.98. The van der Waals surface area contributed by atoms with Gasteiger partial charge in [0, 0.05) is 31.5 Å². The molecule has 206 valence electrons. The number of hydrogen-bond acceptors (Lipinski definition) is 5. The molecule has 1 aliphatic heterocycles. The molecule has 1 fully saturated rings. The first-order valence-electron chi connectivity index (χ1n) is 12.8. The number of para-hydroxylation sites is 1. The number of anilines is 1. The van der Waals surface area contributed by atoms with Gasteiger partial charge in [0.25, 0.3) is 5.91 Å². The van der Waals surface area contributed by atoms with Crippen molar-refractivity contribution < 1.29 is 32.6 Å². The minimum atomic E-state index is -4.39. The van der Waals surface area contributed by atoms with Gasteiger partial charge in [-0.3, -0.25) is 14.5 Å². The van der Waals surface area contributed by atoms with Gasteiger partial charge in [-0.25, -0.2) is 0 Å². The Balaban J connectivity index is 1.59. The number of rotatable bonds is 8. The molecule has 10 heteroatoms. The highest BCUT2D eigenvalue weighted by Gasteiger charge is 2.36. The van der Waals surface area contributed by atoms with E-state index in [4.69, 9.17) is 4.74 Å². The van der Waals surface area contributed by atoms with Crippen molar-refractivity contribution in [3.8, 4) is 5.75 Å². The number of hydrogen-bond donors (Lipinski definition) is 2. The number of benzene rings is 2. The molecule has 38 heavy (non-hydrogen) atoms. The van der Waals surface area contributed by atoms with E-state index < -0.39 is 23.9 Å². The lowest BCUT2D eigenvalue weighted by molar-refractivity contribution is -0.137. The van der Waals surface area contributed by atoms with Crippen LogP contribution in [0, 0.1) is 11.8 Å². The summed E-state index contributed by atoms with van der Waals surface area (Å²) in [6, 6.07) is 9.71. The van der Waals surface area contributed by atoms with Crippen LogP contribution in [0.15, 0.2) is 42.5 Å². The number of nitrogens with one attached hydrogen (secondary N) is 1. The summed E-state index contributed by atoms with van der Waals surface area (Å²) >= 11 is 0. The third kappa shape index (κ3) is 6.47. The number of alkyl halides is 3. The van der Waals surface area contributed by atoms with Crippen LogP contribution < -0.4 is 10.1 Å². The van der Waals surface area contributed by atoms with E-state index >= 15 is 0 Å². The highest BCUT2D eigenvalue weighted by atomic mass is 19.4. The monoisotopic (exact) mass is 533 g/mol. The predicted octanol–water partition coefficient (Wildman–Crippen LogP) is 4.41. The van der Waals surface area contributed by atoms with Crippen molar-refractivity contribution in [1.82, 2.24) is 9.80 Å². The van der Waals surface area contributed by atoms with E-state index in [-0.39, 0.29) is 30.3 Å². The van der Waals surface area contributed by atoms with Crippen LogP contribution in [-0.2, 0) is 17.5 Å². The Hall–Kier alpha value is -3.11. The van der Waals surface area contributed by atoms with Crippen molar-refractivity contribution >= 4 is 17.5 Å². The van der Waals surface area contributed by atoms with Crippen molar-refractivity contribution in [2.45, 2.75) is 51.6 Å². The van der Waals surface area contributed by atoms with Crippen molar-refractivity contribution in [2.75, 3.05) is 32.1 Å². The fourth-order valence-corrected chi connectivity index (χ4v) is 4.62. The molecule has 2 aromatic rings. The van der Waals surface area contributed by atoms with E-state index in [0.29, 0.717) is 36.6 Å². The molecule has 0 saturated heterocycles. The summed E-state index contributed by atoms with van der Waals surface area (Å²) in [5.74, 6) is -0.288. The van der Waals surface area contributed by atoms with Gasteiger partial charge in [0.2, 0.25) is 5.91 Å². The molecule has 2 N–H and O–H groups in total. The molecular weight excluding hydrogens is 499 g/mol. The number of carbonyl (C=O) groups is 2. The Kier molecular flexibility index (Phi) is 8.32. The second-order valence-electron chi connectivity index (χ2n) is 10.5. The molecule has 0 bridgehead atoms. The summed E-state index contributed by atoms with van der Waals surface area (Å²) in [6.45, 7) is 4.69. The topological polar surface area (TPSA) is 82.1 Å². The summed E-state index contributed by atoms with van der Waals surface area (Å²) in [6.07, 6.45) is -3.14. The van der Waals surface area contributed by atoms with E-state index in [1.165, 1.54) is 12.1 Å². The van der Waals surface area contributed by atoms with Gasteiger partial charge < -0.3 is 20.1 Å². The van der Waals surface area contributed by atoms with Gasteiger partial charge in [-0.05, 0) is 56.6 Å². The Morgan fingerprint density at radius 2 is 1.89 bits per heavy atom. The van der Waals surface area contributed by atoms with Crippen molar-refractivity contribution in [2.24, 2.45) is 11.8 Å². The Morgan fingerprint density at radius 3 is 2.50 bits per heavy atom. The normalized spacial score (nSPS) is 20.8. The van der Waals surface area contributed by atoms with Crippen LogP contribution in [0.1, 0.15) is 48.2 Å². The number of halogens is 3. The van der Waals surface area contributed by atoms with E-state index in [1.807, 2.05) is 18.9 Å². The van der Waals surface area contributed by atoms with Crippen LogP contribution in [0.4, 0.5) is 18.9 Å². The molecule has 1 heterocycles. The zero-order valence-corrected chi connectivity index (χ0v) is 21.8. The molecule has 2 amide bonds. The molecule has 1 aliphatic carbocycles. The Bertz CT molecular complexity index is 1150. The van der Waals surface area contributed by atoms with Crippen LogP contribution in [0.3, 0.4) is 0 Å². The zero-order valence-electron chi connectivity index (χ0n) is 21.8. The van der Waals surface area contributed by atoms with E-state index in [0.717, 1.165) is 30.5 Å². The van der Waals surface area contributed by atoms with E-state index in [1.54, 1.807) is 30.0 Å². The first kappa shape index (κ1) is 27.9. The molecular formula is C28H34F3N3O4. The number of ether oxygens (including phenoxy) is 1. The summed E-state index contributed by atoms with van der Waals surface area (Å²) in [5, 5.41) is 12.7. The van der Waals surface area contributed by atoms with Gasteiger partial charge in [-0.15, -0.1) is 0 Å². The van der Waals surface area contributed by atoms with Gasteiger partial charge in [-0.1, -0.05) is 25.1 Å². The lowest BCUT2D eigenvalue weighted by Gasteiger charge is -2.38. The largest absolute Gasteiger partial charge is 0.486 e. The Morgan fingerprint density at radius 1 is 1.21 bits per heavy atom. The zero-order chi connectivity index (χ0) is 27.6. The molecule has 0 radical (unpaired) electrons. The second-order valence-corrected chi connectivity index (χ2v) is 10.5. The average molecular weight is 534 g/mol. The molecule has 0 aromatic heterocycles. The molecule has 4 rings (SSSR count). The van der Waals surface area contributed by atoms with Gasteiger partial charge in [-0.2, -0.15) is 13.2 Å². The third-order valence-electron chi connectivity index (χ3n) is 7.12. The summed E-state index contributed by atoms with van der Waals surface area (Å²) < 4.78 is 45.3. The minimum absolute atomic E-state index is 0.0365. The van der Waals surface area contributed by atoms with Crippen LogP contribution in [0.25, 0.3) is 0 Å². The molecule has 0 unspecified atom stereocenters. The Labute approximate surface area is 220 Å². The minimum Gasteiger partial charge on any atom is -0.486 e. The number of likely N-dealkylation sites (N-methyl/N-ethyl adjacent to an activating group) is 1. The molecule has 1 saturated carbocycles. The van der Waals surface area contributed by atoms with Gasteiger partial charge in [0.15, 0.2) is 5.75 Å². The molecule has 7 nitrogen and oxygen atoms in total. The molecule has 2 aliphatic rings. The van der Waals surface area contributed by atoms with Crippen LogP contribution in [-0.4, -0.2) is 65.6 Å². The van der Waals surface area contributed by atoms with Gasteiger partial charge >= 0.3 is 6.18 Å². The number of aliphatic hydroxyl groups excluding tert-OH is 1. The van der Waals surface area contributed by atoms with E-state index in [9.17, 15) is 27.9 Å². The first-order chi connectivity index (χ1) is 18.0. The molecule has 2 aromatic carbocycles. The second kappa shape index (κ2) is 11.3. The van der Waals surface area contributed by atoms with Gasteiger partial charge in [0.05, 0.1) is 29.5 Å². The maximum atomic E-state index is 13.5. The van der Waals surface area contributed by atoms with Gasteiger partial charge in [0.1, 0.15) is 6.10 Å². The highest BCUT2D eigenvalue weighted by molar-refractivity contribution is 6.02. The van der Waals surface area contributed by atoms with E-state index in [2.05, 4.69) is 5.32 Å². The number of aliphatic hydroxyl groups is 1. The maximum Gasteiger partial charge on any atom is 0.416 e. The third-order valence-corrected chi connectivity index (χ3v) is 7.12. The summed E-state index contributed by atoms with van der Waals surface area (Å²) in [5.41, 5.74) is 0.763. The average Bonchev–Trinajstić information content (AvgIpc) is 3.71. The SMILES string of the molecule is C[C@@H]1CN([C@@H](C)CO)C(=O)c2cccc(NC(=O)C3CC3)c2O[C@H]1CN(C)Cc1ccc(C(F)(F)F)cc1. The summed E-state index contributed by atoms with van der Waals surface area (Å²) in [4.78, 5) is 29.7. The molecule has 3 atom stereocenters. The quantitative estimate of drug-likeness (QED) is 0.526. The van der Waals surface area contributed by atoms with Crippen molar-refractivity contribution in [1.29, 1.82) is 0 Å². The number of fused-ring (bicyclic) bond motifs is 1. The summed E-state index contributed by atoms with van der Waals surface area (Å²) in [7, 11) is 1.85. The molecule has 0 spiro atoms. The number of nitrogens with zero attached hydrogens (tertiary/aromatic N) is 2. The predicted molar refractivity (Wildman–Crippen MR) is 137 cm³/mol. The van der Waals surface area contributed by atoms with Crippen LogP contribution in [0.2, 0.25) is 0 Å². The smallest absolute Gasteiger partial charge is 0.416 e. The highest BCUT2D eigenvalue weighted by Crippen LogP contribution is 2.37. The van der Waals surface area contributed by atoms with Crippen LogP contribution in [0.5, 0.6) is 5.75 Å². The fraction of sp³-hybridized carbons (Fsp3) is 0.500. The maximum absolute atomic E-state index is 13.5. The van der Waals surface area contributed by atoms with Crippen molar-refractivity contribution in [3.63, 3.8) is 0 Å². The fourth-order valence-electron chi connectivity index (χ4n) is 4.62. The van der Waals surface area contributed by atoms with Crippen LogP contribution >= 0.6 is 0 Å². The lowest BCUT2D eigenvalue weighted by Crippen LogP contribution is -2.49. The standard InChI is InChI=1S/C28H34F3N3O4/c1-17-13-34(18(2)16-35)27(37)22-5-4-6-23(32-26(36)20-9-10-20)25(22)38-24(17)15-33(3)14-19-7-11-21(12-8-19)28(29,30)31/h4-8,11-12,17-18,20,24,35H,9-10,13-16H2,1-3H3,(H,32,36)/t17-,18+,24+/m1/s1. The number of amides is 2. The number of carbonyl (C=O) groups excluding carboxylic acids is 2. The van der Waals surface area contributed by atoms with Crippen molar-refractivity contribution in [3.05, 3.63) is 59.2 Å².